The molecule has 1 unspecified atom stereocenters. The number of amides is 1. The molecule has 0 saturated carbocycles. The van der Waals surface area contributed by atoms with Crippen LogP contribution >= 0.6 is 11.6 Å². The fraction of sp³-hybridized carbons (Fsp3) is 0.286. The van der Waals surface area contributed by atoms with Crippen molar-refractivity contribution in [1.29, 1.82) is 0 Å². The number of halogens is 1. The number of H-pyrrole nitrogens is 1. The average Bonchev–Trinajstić information content (AvgIpc) is 2.99. The van der Waals surface area contributed by atoms with Crippen molar-refractivity contribution in [2.24, 2.45) is 0 Å². The van der Waals surface area contributed by atoms with Crippen molar-refractivity contribution in [1.82, 2.24) is 9.88 Å². The smallest absolute Gasteiger partial charge is 0.225 e. The number of unbranched alkanes of at least 4 members (excludes halogenated alkanes) is 1. The summed E-state index contributed by atoms with van der Waals surface area (Å²) in [5, 5.41) is 1.93. The van der Waals surface area contributed by atoms with Crippen LogP contribution in [0.25, 0.3) is 22.2 Å². The number of hydrogen-bond donors (Lipinski definition) is 1. The maximum Gasteiger partial charge on any atom is 0.225 e. The van der Waals surface area contributed by atoms with E-state index in [0.717, 1.165) is 41.2 Å². The van der Waals surface area contributed by atoms with E-state index in [1.807, 2.05) is 35.2 Å². The fourth-order valence-corrected chi connectivity index (χ4v) is 3.80. The number of aromatic nitrogens is 1. The minimum atomic E-state index is 0.154. The van der Waals surface area contributed by atoms with Gasteiger partial charge in [0.25, 0.3) is 0 Å². The molecule has 2 aromatic carbocycles. The fourth-order valence-electron chi connectivity index (χ4n) is 3.68. The maximum atomic E-state index is 12.2. The molecule has 3 nitrogen and oxygen atoms in total. The van der Waals surface area contributed by atoms with Crippen molar-refractivity contribution >= 4 is 28.4 Å². The number of β-lactam (4-membered cyclic amide) rings is 1. The summed E-state index contributed by atoms with van der Waals surface area (Å²) in [4.78, 5) is 17.8. The predicted molar refractivity (Wildman–Crippen MR) is 103 cm³/mol. The Morgan fingerprint density at radius 3 is 2.64 bits per heavy atom. The molecular formula is C21H21ClN2O. The largest absolute Gasteiger partial charge is 0.354 e. The second kappa shape index (κ2) is 6.57. The highest BCUT2D eigenvalue weighted by Crippen LogP contribution is 2.43. The van der Waals surface area contributed by atoms with E-state index < -0.39 is 0 Å². The molecule has 1 aliphatic heterocycles. The number of fused-ring (bicyclic) bond motifs is 1. The van der Waals surface area contributed by atoms with E-state index >= 15 is 0 Å². The quantitative estimate of drug-likeness (QED) is 0.599. The van der Waals surface area contributed by atoms with Crippen LogP contribution in [-0.2, 0) is 4.79 Å². The van der Waals surface area contributed by atoms with Gasteiger partial charge in [0, 0.05) is 28.0 Å². The van der Waals surface area contributed by atoms with E-state index in [1.165, 1.54) is 10.9 Å². The number of nitrogens with zero attached hydrogens (tertiary/aromatic N) is 1. The first-order valence-electron chi connectivity index (χ1n) is 8.85. The van der Waals surface area contributed by atoms with Crippen molar-refractivity contribution in [3.8, 4) is 11.3 Å². The Hall–Kier alpha value is -2.26. The molecule has 1 aromatic heterocycles. The Kier molecular flexibility index (Phi) is 4.26. The van der Waals surface area contributed by atoms with Crippen LogP contribution in [0.2, 0.25) is 5.02 Å². The van der Waals surface area contributed by atoms with E-state index in [4.69, 9.17) is 11.6 Å². The van der Waals surface area contributed by atoms with Gasteiger partial charge in [0.1, 0.15) is 0 Å². The standard InChI is InChI=1S/C21H21ClN2O/c1-2-3-12-24-18(13-19(24)25)20-16-6-4-5-7-17(16)23-21(20)14-8-10-15(22)11-9-14/h4-11,18,23H,2-3,12-13H2,1H3. The van der Waals surface area contributed by atoms with Crippen molar-refractivity contribution in [2.75, 3.05) is 6.54 Å². The summed E-state index contributed by atoms with van der Waals surface area (Å²) in [6, 6.07) is 16.4. The first-order chi connectivity index (χ1) is 12.2. The molecule has 1 amide bonds. The summed E-state index contributed by atoms with van der Waals surface area (Å²) in [6.07, 6.45) is 2.72. The lowest BCUT2D eigenvalue weighted by Gasteiger charge is -2.41. The van der Waals surface area contributed by atoms with Crippen LogP contribution in [0, 0.1) is 0 Å². The molecular weight excluding hydrogens is 332 g/mol. The number of carbonyl (C=O) groups excluding carboxylic acids is 1. The van der Waals surface area contributed by atoms with E-state index in [0.29, 0.717) is 6.42 Å². The minimum absolute atomic E-state index is 0.154. The van der Waals surface area contributed by atoms with E-state index in [9.17, 15) is 4.79 Å². The number of hydrogen-bond acceptors (Lipinski definition) is 1. The van der Waals surface area contributed by atoms with Gasteiger partial charge in [0.15, 0.2) is 0 Å². The van der Waals surface area contributed by atoms with Gasteiger partial charge in [-0.05, 0) is 30.2 Å². The molecule has 0 radical (unpaired) electrons. The first-order valence-corrected chi connectivity index (χ1v) is 9.23. The Morgan fingerprint density at radius 2 is 1.92 bits per heavy atom. The molecule has 1 aliphatic rings. The molecule has 25 heavy (non-hydrogen) atoms. The van der Waals surface area contributed by atoms with Crippen molar-refractivity contribution < 1.29 is 4.79 Å². The van der Waals surface area contributed by atoms with E-state index in [-0.39, 0.29) is 11.9 Å². The Bertz CT molecular complexity index is 913. The normalized spacial score (nSPS) is 17.1. The third-order valence-electron chi connectivity index (χ3n) is 5.03. The van der Waals surface area contributed by atoms with Gasteiger partial charge in [-0.2, -0.15) is 0 Å². The van der Waals surface area contributed by atoms with Crippen LogP contribution in [0.5, 0.6) is 0 Å². The second-order valence-corrected chi connectivity index (χ2v) is 7.06. The number of para-hydroxylation sites is 1. The average molecular weight is 353 g/mol. The van der Waals surface area contributed by atoms with Gasteiger partial charge in [-0.1, -0.05) is 55.3 Å². The summed E-state index contributed by atoms with van der Waals surface area (Å²) < 4.78 is 0. The van der Waals surface area contributed by atoms with Gasteiger partial charge in [-0.3, -0.25) is 4.79 Å². The lowest BCUT2D eigenvalue weighted by Crippen LogP contribution is -2.46. The van der Waals surface area contributed by atoms with Crippen LogP contribution in [0.4, 0.5) is 0 Å². The highest BCUT2D eigenvalue weighted by atomic mass is 35.5. The first kappa shape index (κ1) is 16.2. The predicted octanol–water partition coefficient (Wildman–Crippen LogP) is 5.56. The molecule has 128 valence electrons. The zero-order chi connectivity index (χ0) is 17.4. The van der Waals surface area contributed by atoms with Gasteiger partial charge in [0.05, 0.1) is 18.2 Å². The van der Waals surface area contributed by atoms with Crippen molar-refractivity contribution in [3.05, 3.63) is 59.1 Å². The Morgan fingerprint density at radius 1 is 1.16 bits per heavy atom. The minimum Gasteiger partial charge on any atom is -0.354 e. The number of benzene rings is 2. The zero-order valence-electron chi connectivity index (χ0n) is 14.3. The zero-order valence-corrected chi connectivity index (χ0v) is 15.0. The van der Waals surface area contributed by atoms with Gasteiger partial charge in [0.2, 0.25) is 5.91 Å². The highest BCUT2D eigenvalue weighted by molar-refractivity contribution is 6.30. The summed E-state index contributed by atoms with van der Waals surface area (Å²) in [5.74, 6) is 0.255. The number of likely N-dealkylation sites (tertiary alicyclic amines) is 1. The second-order valence-electron chi connectivity index (χ2n) is 6.63. The molecule has 1 saturated heterocycles. The Balaban J connectivity index is 1.82. The van der Waals surface area contributed by atoms with Crippen LogP contribution in [0.15, 0.2) is 48.5 Å². The van der Waals surface area contributed by atoms with Crippen LogP contribution in [0.1, 0.15) is 37.8 Å². The van der Waals surface area contributed by atoms with Crippen molar-refractivity contribution in [2.45, 2.75) is 32.2 Å². The third kappa shape index (κ3) is 2.83. The molecule has 2 heterocycles. The number of rotatable bonds is 5. The van der Waals surface area contributed by atoms with Crippen LogP contribution in [-0.4, -0.2) is 22.3 Å². The summed E-state index contributed by atoms with van der Waals surface area (Å²) in [5.41, 5.74) is 4.54. The molecule has 3 aromatic rings. The lowest BCUT2D eigenvalue weighted by molar-refractivity contribution is -0.146. The summed E-state index contributed by atoms with van der Waals surface area (Å²) >= 11 is 6.06. The molecule has 4 heteroatoms. The summed E-state index contributed by atoms with van der Waals surface area (Å²) in [7, 11) is 0. The van der Waals surface area contributed by atoms with E-state index in [1.54, 1.807) is 0 Å². The van der Waals surface area contributed by atoms with Crippen molar-refractivity contribution in [3.63, 3.8) is 0 Å². The van der Waals surface area contributed by atoms with E-state index in [2.05, 4.69) is 30.1 Å². The monoisotopic (exact) mass is 352 g/mol. The third-order valence-corrected chi connectivity index (χ3v) is 5.28. The van der Waals surface area contributed by atoms with Gasteiger partial charge in [-0.15, -0.1) is 0 Å². The molecule has 1 atom stereocenters. The maximum absolute atomic E-state index is 12.2. The van der Waals surface area contributed by atoms with Crippen LogP contribution in [0.3, 0.4) is 0 Å². The SMILES string of the molecule is CCCCN1C(=O)CC1c1c(-c2ccc(Cl)cc2)[nH]c2ccccc12. The van der Waals surface area contributed by atoms with Gasteiger partial charge < -0.3 is 9.88 Å². The number of nitrogens with one attached hydrogen (secondary N) is 1. The van der Waals surface area contributed by atoms with Gasteiger partial charge in [-0.25, -0.2) is 0 Å². The molecule has 0 aliphatic carbocycles. The molecule has 1 fully saturated rings. The lowest BCUT2D eigenvalue weighted by atomic mass is 9.89. The van der Waals surface area contributed by atoms with Gasteiger partial charge >= 0.3 is 0 Å². The molecule has 0 bridgehead atoms. The summed E-state index contributed by atoms with van der Waals surface area (Å²) in [6.45, 7) is 2.99. The Labute approximate surface area is 152 Å². The molecule has 0 spiro atoms. The molecule has 4 rings (SSSR count). The number of aromatic amines is 1. The topological polar surface area (TPSA) is 36.1 Å². The highest BCUT2D eigenvalue weighted by Gasteiger charge is 2.39. The number of carbonyl (C=O) groups is 1. The molecule has 1 N–H and O–H groups in total. The van der Waals surface area contributed by atoms with Crippen LogP contribution < -0.4 is 0 Å².